The van der Waals surface area contributed by atoms with Crippen LogP contribution in [-0.2, 0) is 0 Å². The maximum atomic E-state index is 11.5. The predicted octanol–water partition coefficient (Wildman–Crippen LogP) is 7.12. The molecule has 5 heteroatoms. The normalized spacial score (nSPS) is 11.2. The first-order chi connectivity index (χ1) is 14.1. The van der Waals surface area contributed by atoms with E-state index >= 15 is 0 Å². The Morgan fingerprint density at radius 2 is 1.45 bits per heavy atom. The number of nitro benzene ring substituents is 1. The molecule has 0 atom stereocenters. The minimum absolute atomic E-state index is 0.0487. The SMILES string of the molecule is O=[N+]([O-])c1cc(-n2c3ccccc3c3ccc(-c4ccccc4)cc32)ccc1Br. The van der Waals surface area contributed by atoms with Crippen molar-refractivity contribution in [3.63, 3.8) is 0 Å². The molecule has 5 rings (SSSR count). The van der Waals surface area contributed by atoms with E-state index in [4.69, 9.17) is 0 Å². The number of aromatic nitrogens is 1. The van der Waals surface area contributed by atoms with Crippen molar-refractivity contribution in [2.75, 3.05) is 0 Å². The zero-order chi connectivity index (χ0) is 20.0. The van der Waals surface area contributed by atoms with Gasteiger partial charge in [0.25, 0.3) is 5.69 Å². The van der Waals surface area contributed by atoms with Gasteiger partial charge in [-0.05, 0) is 51.3 Å². The second-order valence-electron chi connectivity index (χ2n) is 6.84. The van der Waals surface area contributed by atoms with E-state index in [1.807, 2.05) is 42.5 Å². The van der Waals surface area contributed by atoms with Crippen LogP contribution in [0, 0.1) is 10.1 Å². The largest absolute Gasteiger partial charge is 0.309 e. The van der Waals surface area contributed by atoms with E-state index in [1.165, 1.54) is 0 Å². The van der Waals surface area contributed by atoms with Gasteiger partial charge in [-0.2, -0.15) is 0 Å². The molecular formula is C24H15BrN2O2. The number of hydrogen-bond acceptors (Lipinski definition) is 2. The molecule has 1 heterocycles. The van der Waals surface area contributed by atoms with E-state index in [0.29, 0.717) is 4.47 Å². The van der Waals surface area contributed by atoms with Crippen LogP contribution >= 0.6 is 15.9 Å². The molecule has 4 nitrogen and oxygen atoms in total. The number of hydrogen-bond donors (Lipinski definition) is 0. The highest BCUT2D eigenvalue weighted by Crippen LogP contribution is 2.36. The maximum absolute atomic E-state index is 11.5. The van der Waals surface area contributed by atoms with Gasteiger partial charge in [0.15, 0.2) is 0 Å². The summed E-state index contributed by atoms with van der Waals surface area (Å²) in [7, 11) is 0. The Kier molecular flexibility index (Phi) is 4.18. The van der Waals surface area contributed by atoms with E-state index in [0.717, 1.165) is 38.6 Å². The minimum atomic E-state index is -0.364. The lowest BCUT2D eigenvalue weighted by atomic mass is 10.0. The van der Waals surface area contributed by atoms with Crippen molar-refractivity contribution in [3.8, 4) is 16.8 Å². The summed E-state index contributed by atoms with van der Waals surface area (Å²) < 4.78 is 2.56. The first kappa shape index (κ1) is 17.6. The van der Waals surface area contributed by atoms with Gasteiger partial charge < -0.3 is 4.57 Å². The van der Waals surface area contributed by atoms with Crippen LogP contribution in [0.2, 0.25) is 0 Å². The molecule has 0 saturated carbocycles. The van der Waals surface area contributed by atoms with Crippen LogP contribution in [0.3, 0.4) is 0 Å². The number of fused-ring (bicyclic) bond motifs is 3. The molecule has 0 fully saturated rings. The molecule has 0 aliphatic carbocycles. The van der Waals surface area contributed by atoms with Gasteiger partial charge in [0, 0.05) is 16.8 Å². The monoisotopic (exact) mass is 442 g/mol. The number of nitrogens with zero attached hydrogens (tertiary/aromatic N) is 2. The van der Waals surface area contributed by atoms with Crippen molar-refractivity contribution in [2.24, 2.45) is 0 Å². The fraction of sp³-hybridized carbons (Fsp3) is 0. The van der Waals surface area contributed by atoms with E-state index in [1.54, 1.807) is 12.1 Å². The fourth-order valence-electron chi connectivity index (χ4n) is 3.84. The Morgan fingerprint density at radius 3 is 2.24 bits per heavy atom. The van der Waals surface area contributed by atoms with E-state index in [9.17, 15) is 10.1 Å². The zero-order valence-corrected chi connectivity index (χ0v) is 16.8. The molecule has 0 radical (unpaired) electrons. The Bertz CT molecular complexity index is 1390. The lowest BCUT2D eigenvalue weighted by Crippen LogP contribution is -1.97. The third-order valence-corrected chi connectivity index (χ3v) is 5.84. The van der Waals surface area contributed by atoms with Crippen LogP contribution in [0.1, 0.15) is 0 Å². The molecule has 0 aliphatic rings. The van der Waals surface area contributed by atoms with Crippen molar-refractivity contribution in [2.45, 2.75) is 0 Å². The lowest BCUT2D eigenvalue weighted by Gasteiger charge is -2.09. The van der Waals surface area contributed by atoms with Crippen molar-refractivity contribution in [3.05, 3.63) is 106 Å². The van der Waals surface area contributed by atoms with Crippen LogP contribution in [0.15, 0.2) is 95.5 Å². The van der Waals surface area contributed by atoms with Crippen molar-refractivity contribution in [1.82, 2.24) is 4.57 Å². The number of rotatable bonds is 3. The van der Waals surface area contributed by atoms with Crippen molar-refractivity contribution >= 4 is 43.4 Å². The van der Waals surface area contributed by atoms with Gasteiger partial charge >= 0.3 is 0 Å². The summed E-state index contributed by atoms with van der Waals surface area (Å²) in [5.74, 6) is 0. The highest BCUT2D eigenvalue weighted by Gasteiger charge is 2.17. The Balaban J connectivity index is 1.85. The summed E-state index contributed by atoms with van der Waals surface area (Å²) in [4.78, 5) is 11.1. The highest BCUT2D eigenvalue weighted by molar-refractivity contribution is 9.10. The highest BCUT2D eigenvalue weighted by atomic mass is 79.9. The summed E-state index contributed by atoms with van der Waals surface area (Å²) in [5, 5.41) is 13.7. The number of nitro groups is 1. The standard InChI is InChI=1S/C24H15BrN2O2/c25-21-13-11-18(15-24(21)27(28)29)26-22-9-5-4-8-19(22)20-12-10-17(14-23(20)26)16-6-2-1-3-7-16/h1-15H. The van der Waals surface area contributed by atoms with Gasteiger partial charge in [-0.1, -0.05) is 60.7 Å². The van der Waals surface area contributed by atoms with Gasteiger partial charge in [-0.3, -0.25) is 10.1 Å². The van der Waals surface area contributed by atoms with Crippen LogP contribution in [0.4, 0.5) is 5.69 Å². The molecule has 0 aliphatic heterocycles. The minimum Gasteiger partial charge on any atom is -0.309 e. The molecule has 29 heavy (non-hydrogen) atoms. The van der Waals surface area contributed by atoms with E-state index < -0.39 is 0 Å². The molecule has 5 aromatic rings. The molecule has 0 amide bonds. The zero-order valence-electron chi connectivity index (χ0n) is 15.2. The average Bonchev–Trinajstić information content (AvgIpc) is 3.08. The molecule has 0 unspecified atom stereocenters. The molecule has 0 N–H and O–H groups in total. The molecule has 4 aromatic carbocycles. The molecule has 1 aromatic heterocycles. The summed E-state index contributed by atoms with van der Waals surface area (Å²) in [6.45, 7) is 0. The van der Waals surface area contributed by atoms with E-state index in [-0.39, 0.29) is 10.6 Å². The predicted molar refractivity (Wildman–Crippen MR) is 121 cm³/mol. The van der Waals surface area contributed by atoms with Crippen molar-refractivity contribution < 1.29 is 4.92 Å². The third-order valence-electron chi connectivity index (χ3n) is 5.17. The van der Waals surface area contributed by atoms with Gasteiger partial charge in [-0.25, -0.2) is 0 Å². The second-order valence-corrected chi connectivity index (χ2v) is 7.70. The second kappa shape index (κ2) is 6.87. The molecule has 0 bridgehead atoms. The number of benzene rings is 4. The summed E-state index contributed by atoms with van der Waals surface area (Å²) in [5.41, 5.74) is 5.08. The van der Waals surface area contributed by atoms with Crippen molar-refractivity contribution in [1.29, 1.82) is 0 Å². The summed E-state index contributed by atoms with van der Waals surface area (Å²) >= 11 is 3.29. The van der Waals surface area contributed by atoms with Crippen LogP contribution in [-0.4, -0.2) is 9.49 Å². The Labute approximate surface area is 175 Å². The van der Waals surface area contributed by atoms with Gasteiger partial charge in [0.2, 0.25) is 0 Å². The number of halogens is 1. The quantitative estimate of drug-likeness (QED) is 0.220. The lowest BCUT2D eigenvalue weighted by molar-refractivity contribution is -0.385. The smallest absolute Gasteiger partial charge is 0.285 e. The summed E-state index contributed by atoms with van der Waals surface area (Å²) in [6, 6.07) is 30.0. The third kappa shape index (κ3) is 2.91. The molecule has 0 spiro atoms. The van der Waals surface area contributed by atoms with Crippen LogP contribution in [0.25, 0.3) is 38.6 Å². The van der Waals surface area contributed by atoms with Gasteiger partial charge in [0.1, 0.15) is 0 Å². The Morgan fingerprint density at radius 1 is 0.724 bits per heavy atom. The molecule has 0 saturated heterocycles. The molecule has 140 valence electrons. The Hall–Kier alpha value is -3.44. The maximum Gasteiger partial charge on any atom is 0.285 e. The van der Waals surface area contributed by atoms with Crippen LogP contribution < -0.4 is 0 Å². The summed E-state index contributed by atoms with van der Waals surface area (Å²) in [6.07, 6.45) is 0. The van der Waals surface area contributed by atoms with Gasteiger partial charge in [-0.15, -0.1) is 0 Å². The fourth-order valence-corrected chi connectivity index (χ4v) is 4.23. The van der Waals surface area contributed by atoms with Crippen LogP contribution in [0.5, 0.6) is 0 Å². The topological polar surface area (TPSA) is 48.1 Å². The first-order valence-corrected chi connectivity index (χ1v) is 9.96. The first-order valence-electron chi connectivity index (χ1n) is 9.16. The molecular weight excluding hydrogens is 428 g/mol. The number of para-hydroxylation sites is 1. The van der Waals surface area contributed by atoms with Gasteiger partial charge in [0.05, 0.1) is 26.1 Å². The van der Waals surface area contributed by atoms with E-state index in [2.05, 4.69) is 56.9 Å². The average molecular weight is 443 g/mol.